The van der Waals surface area contributed by atoms with Gasteiger partial charge < -0.3 is 10.6 Å². The average molecular weight is 546 g/mol. The Morgan fingerprint density at radius 1 is 0.806 bits per heavy atom. The van der Waals surface area contributed by atoms with Crippen LogP contribution in [-0.4, -0.2) is 11.8 Å². The first-order chi connectivity index (χ1) is 14.8. The van der Waals surface area contributed by atoms with E-state index in [-0.39, 0.29) is 22.6 Å². The molecule has 2 aromatic rings. The van der Waals surface area contributed by atoms with Gasteiger partial charge in [-0.05, 0) is 104 Å². The summed E-state index contributed by atoms with van der Waals surface area (Å²) in [4.78, 5) is 26.4. The average Bonchev–Trinajstić information content (AvgIpc) is 2.70. The number of carbonyl (C=O) groups is 2. The highest BCUT2D eigenvalue weighted by Gasteiger charge is 2.60. The van der Waals surface area contributed by atoms with Gasteiger partial charge in [0.15, 0.2) is 0 Å². The zero-order valence-electron chi connectivity index (χ0n) is 17.3. The minimum atomic E-state index is -0.338. The Balaban J connectivity index is 1.32. The summed E-state index contributed by atoms with van der Waals surface area (Å²) < 4.78 is 1.99. The summed E-state index contributed by atoms with van der Waals surface area (Å²) in [6.45, 7) is 0. The quantitative estimate of drug-likeness (QED) is 0.435. The number of hydrogen-bond acceptors (Lipinski definition) is 2. The number of hydrogen-bond donors (Lipinski definition) is 2. The molecule has 0 spiro atoms. The van der Waals surface area contributed by atoms with Crippen molar-refractivity contribution in [1.29, 1.82) is 0 Å². The van der Waals surface area contributed by atoms with Gasteiger partial charge in [-0.1, -0.05) is 31.9 Å². The van der Waals surface area contributed by atoms with Crippen LogP contribution in [0.3, 0.4) is 0 Å². The van der Waals surface area contributed by atoms with Crippen molar-refractivity contribution < 1.29 is 9.59 Å². The molecule has 2 atom stereocenters. The molecule has 4 aliphatic carbocycles. The van der Waals surface area contributed by atoms with Crippen molar-refractivity contribution in [2.45, 2.75) is 44.9 Å². The fourth-order valence-corrected chi connectivity index (χ4v) is 7.33. The molecule has 0 aliphatic heterocycles. The van der Waals surface area contributed by atoms with E-state index < -0.39 is 0 Å². The van der Waals surface area contributed by atoms with Gasteiger partial charge in [0.2, 0.25) is 11.8 Å². The van der Waals surface area contributed by atoms with Crippen LogP contribution in [0.4, 0.5) is 11.4 Å². The Bertz CT molecular complexity index is 989. The zero-order valence-corrected chi connectivity index (χ0v) is 20.5. The molecule has 31 heavy (non-hydrogen) atoms. The summed E-state index contributed by atoms with van der Waals surface area (Å²) in [6, 6.07) is 15.5. The zero-order chi connectivity index (χ0) is 21.6. The predicted molar refractivity (Wildman–Crippen MR) is 130 cm³/mol. The molecule has 4 aliphatic rings. The molecule has 4 fully saturated rings. The van der Waals surface area contributed by atoms with E-state index in [9.17, 15) is 9.59 Å². The SMILES string of the molecule is O=C(CC12CC3CC(C1)CC(C(=O)Nc1ccc(Br)cc1)(C3)C2)Nc1ccc(Br)cc1. The summed E-state index contributed by atoms with van der Waals surface area (Å²) >= 11 is 6.88. The van der Waals surface area contributed by atoms with Crippen LogP contribution >= 0.6 is 31.9 Å². The van der Waals surface area contributed by atoms with Gasteiger partial charge in [-0.25, -0.2) is 0 Å². The highest BCUT2D eigenvalue weighted by molar-refractivity contribution is 9.10. The van der Waals surface area contributed by atoms with Crippen LogP contribution in [0, 0.1) is 22.7 Å². The van der Waals surface area contributed by atoms with E-state index in [1.54, 1.807) is 0 Å². The molecule has 0 heterocycles. The van der Waals surface area contributed by atoms with Crippen LogP contribution in [-0.2, 0) is 9.59 Å². The van der Waals surface area contributed by atoms with E-state index in [0.29, 0.717) is 18.3 Å². The molecule has 2 aromatic carbocycles. The number of halogens is 2. The van der Waals surface area contributed by atoms with Crippen LogP contribution in [0.2, 0.25) is 0 Å². The predicted octanol–water partition coefficient (Wildman–Crippen LogP) is 6.77. The maximum absolute atomic E-state index is 13.5. The van der Waals surface area contributed by atoms with Gasteiger partial charge in [0.05, 0.1) is 5.41 Å². The number of nitrogens with one attached hydrogen (secondary N) is 2. The fraction of sp³-hybridized carbons (Fsp3) is 0.440. The summed E-state index contributed by atoms with van der Waals surface area (Å²) in [5, 5.41) is 6.24. The Labute approximate surface area is 199 Å². The minimum absolute atomic E-state index is 0.0550. The van der Waals surface area contributed by atoms with E-state index in [1.165, 1.54) is 6.42 Å². The lowest BCUT2D eigenvalue weighted by atomic mass is 9.43. The smallest absolute Gasteiger partial charge is 0.230 e. The molecule has 0 saturated heterocycles. The van der Waals surface area contributed by atoms with E-state index in [2.05, 4.69) is 42.5 Å². The number of amides is 2. The molecular formula is C25H26Br2N2O2. The van der Waals surface area contributed by atoms with Crippen molar-refractivity contribution in [2.24, 2.45) is 22.7 Å². The van der Waals surface area contributed by atoms with Crippen LogP contribution in [0.5, 0.6) is 0 Å². The maximum Gasteiger partial charge on any atom is 0.230 e. The summed E-state index contributed by atoms with van der Waals surface area (Å²) in [5.41, 5.74) is 1.27. The van der Waals surface area contributed by atoms with Gasteiger partial charge in [-0.3, -0.25) is 9.59 Å². The van der Waals surface area contributed by atoms with Crippen LogP contribution < -0.4 is 10.6 Å². The third-order valence-electron chi connectivity index (χ3n) is 7.43. The van der Waals surface area contributed by atoms with Crippen LogP contribution in [0.25, 0.3) is 0 Å². The highest BCUT2D eigenvalue weighted by atomic mass is 79.9. The maximum atomic E-state index is 13.5. The van der Waals surface area contributed by atoms with Crippen molar-refractivity contribution in [1.82, 2.24) is 0 Å². The Hall–Kier alpha value is -1.66. The van der Waals surface area contributed by atoms with Gasteiger partial charge in [0.1, 0.15) is 0 Å². The monoisotopic (exact) mass is 544 g/mol. The van der Waals surface area contributed by atoms with Crippen LogP contribution in [0.1, 0.15) is 44.9 Å². The second kappa shape index (κ2) is 8.04. The van der Waals surface area contributed by atoms with Crippen LogP contribution in [0.15, 0.2) is 57.5 Å². The first-order valence-corrected chi connectivity index (χ1v) is 12.5. The number of rotatable bonds is 5. The highest BCUT2D eigenvalue weighted by Crippen LogP contribution is 2.66. The summed E-state index contributed by atoms with van der Waals surface area (Å²) in [5.74, 6) is 1.31. The van der Waals surface area contributed by atoms with E-state index in [1.807, 2.05) is 48.5 Å². The van der Waals surface area contributed by atoms with Gasteiger partial charge in [-0.2, -0.15) is 0 Å². The third kappa shape index (κ3) is 4.34. The summed E-state index contributed by atoms with van der Waals surface area (Å²) in [7, 11) is 0. The molecule has 162 valence electrons. The Morgan fingerprint density at radius 2 is 1.32 bits per heavy atom. The molecule has 4 nitrogen and oxygen atoms in total. The molecule has 2 unspecified atom stereocenters. The first kappa shape index (κ1) is 21.2. The molecule has 4 saturated carbocycles. The topological polar surface area (TPSA) is 58.2 Å². The first-order valence-electron chi connectivity index (χ1n) is 11.0. The van der Waals surface area contributed by atoms with Gasteiger partial charge in [0, 0.05) is 26.7 Å². The molecule has 0 radical (unpaired) electrons. The molecule has 2 amide bonds. The number of carbonyl (C=O) groups excluding carboxylic acids is 2. The third-order valence-corrected chi connectivity index (χ3v) is 8.49. The number of anilines is 2. The Kier molecular flexibility index (Phi) is 5.50. The van der Waals surface area contributed by atoms with Gasteiger partial charge in [0.25, 0.3) is 0 Å². The molecule has 6 heteroatoms. The molecule has 0 aromatic heterocycles. The lowest BCUT2D eigenvalue weighted by Crippen LogP contribution is -2.57. The van der Waals surface area contributed by atoms with Gasteiger partial charge >= 0.3 is 0 Å². The van der Waals surface area contributed by atoms with E-state index in [4.69, 9.17) is 0 Å². The second-order valence-electron chi connectivity index (χ2n) is 9.93. The normalized spacial score (nSPS) is 30.8. The molecular weight excluding hydrogens is 520 g/mol. The summed E-state index contributed by atoms with van der Waals surface area (Å²) in [6.07, 6.45) is 6.61. The molecule has 4 bridgehead atoms. The lowest BCUT2D eigenvalue weighted by Gasteiger charge is -2.61. The largest absolute Gasteiger partial charge is 0.326 e. The van der Waals surface area contributed by atoms with E-state index >= 15 is 0 Å². The Morgan fingerprint density at radius 3 is 1.87 bits per heavy atom. The van der Waals surface area contributed by atoms with Crippen molar-refractivity contribution in [3.05, 3.63) is 57.5 Å². The second-order valence-corrected chi connectivity index (χ2v) is 11.8. The van der Waals surface area contributed by atoms with Crippen molar-refractivity contribution in [3.63, 3.8) is 0 Å². The molecule has 2 N–H and O–H groups in total. The molecule has 6 rings (SSSR count). The van der Waals surface area contributed by atoms with Crippen molar-refractivity contribution in [2.75, 3.05) is 10.6 Å². The van der Waals surface area contributed by atoms with Gasteiger partial charge in [-0.15, -0.1) is 0 Å². The lowest BCUT2D eigenvalue weighted by molar-refractivity contribution is -0.155. The van der Waals surface area contributed by atoms with Crippen molar-refractivity contribution in [3.8, 4) is 0 Å². The number of benzene rings is 2. The fourth-order valence-electron chi connectivity index (χ4n) is 6.80. The standard InChI is InChI=1S/C25H26Br2N2O2/c26-18-1-5-20(6-2-18)28-22(30)14-24-10-16-9-17(11-24)13-25(12-16,15-24)23(31)29-21-7-3-19(27)4-8-21/h1-8,16-17H,9-15H2,(H,28,30)(H,29,31). The van der Waals surface area contributed by atoms with Crippen molar-refractivity contribution >= 4 is 55.0 Å². The minimum Gasteiger partial charge on any atom is -0.326 e. The van der Waals surface area contributed by atoms with E-state index in [0.717, 1.165) is 52.4 Å².